The second kappa shape index (κ2) is 5.41. The quantitative estimate of drug-likeness (QED) is 0.724. The van der Waals surface area contributed by atoms with Gasteiger partial charge in [-0.25, -0.2) is 0 Å². The van der Waals surface area contributed by atoms with Gasteiger partial charge in [0.05, 0.1) is 0 Å². The largest absolute Gasteiger partial charge is 0.394 e. The third-order valence-electron chi connectivity index (χ3n) is 2.91. The lowest BCUT2D eigenvalue weighted by Gasteiger charge is -2.28. The normalized spacial score (nSPS) is 27.2. The second-order valence-corrected chi connectivity index (χ2v) is 4.87. The van der Waals surface area contributed by atoms with Crippen LogP contribution in [-0.4, -0.2) is 12.4 Å². The van der Waals surface area contributed by atoms with Crippen LogP contribution in [0.5, 0.6) is 0 Å². The molecule has 1 rings (SSSR count). The summed E-state index contributed by atoms with van der Waals surface area (Å²) in [6.45, 7) is 8.32. The van der Waals surface area contributed by atoms with Crippen molar-refractivity contribution < 1.29 is 0 Å². The van der Waals surface area contributed by atoms with Gasteiger partial charge >= 0.3 is 0 Å². The second-order valence-electron chi connectivity index (χ2n) is 4.31. The molecular formula is C13H20ClN. The average Bonchev–Trinajstić information content (AvgIpc) is 2.19. The molecule has 0 aromatic carbocycles. The van der Waals surface area contributed by atoms with Gasteiger partial charge in [0, 0.05) is 12.4 Å². The van der Waals surface area contributed by atoms with E-state index in [9.17, 15) is 0 Å². The SMILES string of the molecule is C=C(C)C1=C(/C=C\NC)C[C@H](Cl)C(C)C1. The Bertz CT molecular complexity index is 302. The summed E-state index contributed by atoms with van der Waals surface area (Å²) in [5, 5.41) is 3.27. The van der Waals surface area contributed by atoms with Crippen molar-refractivity contribution in [2.24, 2.45) is 5.92 Å². The number of halogens is 1. The minimum absolute atomic E-state index is 0.254. The van der Waals surface area contributed by atoms with E-state index < -0.39 is 0 Å². The van der Waals surface area contributed by atoms with Crippen LogP contribution >= 0.6 is 11.6 Å². The fourth-order valence-electron chi connectivity index (χ4n) is 1.92. The molecule has 1 aliphatic rings. The van der Waals surface area contributed by atoms with E-state index in [-0.39, 0.29) is 5.38 Å². The molecule has 1 nitrogen and oxygen atoms in total. The third-order valence-corrected chi connectivity index (χ3v) is 3.50. The van der Waals surface area contributed by atoms with Gasteiger partial charge in [0.15, 0.2) is 0 Å². The Kier molecular flexibility index (Phi) is 4.46. The first-order chi connectivity index (χ1) is 7.06. The molecule has 1 N–H and O–H groups in total. The van der Waals surface area contributed by atoms with Gasteiger partial charge in [-0.05, 0) is 49.1 Å². The maximum Gasteiger partial charge on any atom is 0.0405 e. The van der Waals surface area contributed by atoms with Crippen LogP contribution in [0.3, 0.4) is 0 Å². The zero-order valence-corrected chi connectivity index (χ0v) is 10.6. The molecule has 1 unspecified atom stereocenters. The van der Waals surface area contributed by atoms with E-state index in [2.05, 4.69) is 31.8 Å². The summed E-state index contributed by atoms with van der Waals surface area (Å²) in [5.41, 5.74) is 3.88. The van der Waals surface area contributed by atoms with E-state index in [1.807, 2.05) is 13.2 Å². The number of hydrogen-bond acceptors (Lipinski definition) is 1. The van der Waals surface area contributed by atoms with Crippen molar-refractivity contribution in [2.75, 3.05) is 7.05 Å². The Morgan fingerprint density at radius 3 is 2.73 bits per heavy atom. The molecular weight excluding hydrogens is 206 g/mol. The molecule has 0 aliphatic heterocycles. The minimum Gasteiger partial charge on any atom is -0.394 e. The summed E-state index contributed by atoms with van der Waals surface area (Å²) in [4.78, 5) is 0. The van der Waals surface area contributed by atoms with E-state index in [1.165, 1.54) is 16.7 Å². The summed E-state index contributed by atoms with van der Waals surface area (Å²) >= 11 is 6.29. The number of nitrogens with one attached hydrogen (secondary N) is 1. The molecule has 0 amide bonds. The lowest BCUT2D eigenvalue weighted by atomic mass is 9.82. The lowest BCUT2D eigenvalue weighted by Crippen LogP contribution is -2.19. The van der Waals surface area contributed by atoms with Gasteiger partial charge in [-0.2, -0.15) is 0 Å². The number of hydrogen-bond donors (Lipinski definition) is 1. The highest BCUT2D eigenvalue weighted by molar-refractivity contribution is 6.21. The topological polar surface area (TPSA) is 12.0 Å². The molecule has 0 bridgehead atoms. The molecule has 0 saturated carbocycles. The molecule has 0 radical (unpaired) electrons. The van der Waals surface area contributed by atoms with Crippen LogP contribution in [0.15, 0.2) is 35.6 Å². The molecule has 15 heavy (non-hydrogen) atoms. The molecule has 1 aliphatic carbocycles. The third kappa shape index (κ3) is 3.13. The summed E-state index contributed by atoms with van der Waals surface area (Å²) in [6.07, 6.45) is 6.07. The molecule has 2 atom stereocenters. The fraction of sp³-hybridized carbons (Fsp3) is 0.538. The summed E-state index contributed by atoms with van der Waals surface area (Å²) in [7, 11) is 1.90. The van der Waals surface area contributed by atoms with E-state index in [0.717, 1.165) is 12.8 Å². The fourth-order valence-corrected chi connectivity index (χ4v) is 2.17. The van der Waals surface area contributed by atoms with Gasteiger partial charge in [-0.1, -0.05) is 19.1 Å². The predicted octanol–water partition coefficient (Wildman–Crippen LogP) is 3.63. The van der Waals surface area contributed by atoms with Gasteiger partial charge in [-0.3, -0.25) is 0 Å². The van der Waals surface area contributed by atoms with Crippen molar-refractivity contribution >= 4 is 11.6 Å². The average molecular weight is 226 g/mol. The first kappa shape index (κ1) is 12.4. The van der Waals surface area contributed by atoms with Crippen LogP contribution in [0.25, 0.3) is 0 Å². The predicted molar refractivity (Wildman–Crippen MR) is 68.1 cm³/mol. The van der Waals surface area contributed by atoms with Crippen molar-refractivity contribution in [2.45, 2.75) is 32.1 Å². The van der Waals surface area contributed by atoms with E-state index >= 15 is 0 Å². The highest BCUT2D eigenvalue weighted by atomic mass is 35.5. The van der Waals surface area contributed by atoms with Crippen molar-refractivity contribution in [1.29, 1.82) is 0 Å². The highest BCUT2D eigenvalue weighted by Crippen LogP contribution is 2.36. The monoisotopic (exact) mass is 225 g/mol. The van der Waals surface area contributed by atoms with E-state index in [0.29, 0.717) is 5.92 Å². The van der Waals surface area contributed by atoms with Crippen LogP contribution in [0.2, 0.25) is 0 Å². The van der Waals surface area contributed by atoms with Crippen molar-refractivity contribution in [3.63, 3.8) is 0 Å². The highest BCUT2D eigenvalue weighted by Gasteiger charge is 2.24. The van der Waals surface area contributed by atoms with Crippen LogP contribution in [-0.2, 0) is 0 Å². The number of allylic oxidation sites excluding steroid dienone is 4. The maximum absolute atomic E-state index is 6.29. The Hall–Kier alpha value is -0.690. The summed E-state index contributed by atoms with van der Waals surface area (Å²) in [5.74, 6) is 0.546. The molecule has 0 fully saturated rings. The van der Waals surface area contributed by atoms with Crippen molar-refractivity contribution in [3.05, 3.63) is 35.6 Å². The van der Waals surface area contributed by atoms with E-state index in [1.54, 1.807) is 0 Å². The Labute approximate surface area is 97.9 Å². The lowest BCUT2D eigenvalue weighted by molar-refractivity contribution is 0.512. The van der Waals surface area contributed by atoms with Crippen LogP contribution in [0.1, 0.15) is 26.7 Å². The zero-order chi connectivity index (χ0) is 11.4. The van der Waals surface area contributed by atoms with E-state index in [4.69, 9.17) is 11.6 Å². The standard InChI is InChI=1S/C13H20ClN/c1-9(2)12-7-10(3)13(14)8-11(12)5-6-15-4/h5-6,10,13,15H,1,7-8H2,2-4H3/b6-5-/t10?,13-/m0/s1. The van der Waals surface area contributed by atoms with Gasteiger partial charge in [0.25, 0.3) is 0 Å². The zero-order valence-electron chi connectivity index (χ0n) is 9.81. The first-order valence-electron chi connectivity index (χ1n) is 5.42. The number of alkyl halides is 1. The van der Waals surface area contributed by atoms with Gasteiger partial charge in [-0.15, -0.1) is 11.6 Å². The van der Waals surface area contributed by atoms with Crippen molar-refractivity contribution in [1.82, 2.24) is 5.32 Å². The van der Waals surface area contributed by atoms with Gasteiger partial charge in [0.1, 0.15) is 0 Å². The minimum atomic E-state index is 0.254. The smallest absolute Gasteiger partial charge is 0.0405 e. The van der Waals surface area contributed by atoms with Crippen LogP contribution in [0.4, 0.5) is 0 Å². The van der Waals surface area contributed by atoms with Crippen molar-refractivity contribution in [3.8, 4) is 0 Å². The van der Waals surface area contributed by atoms with Crippen LogP contribution < -0.4 is 5.32 Å². The first-order valence-corrected chi connectivity index (χ1v) is 5.85. The number of rotatable bonds is 3. The Morgan fingerprint density at radius 2 is 2.20 bits per heavy atom. The Morgan fingerprint density at radius 1 is 1.53 bits per heavy atom. The molecule has 0 aromatic heterocycles. The molecule has 0 spiro atoms. The van der Waals surface area contributed by atoms with Gasteiger partial charge < -0.3 is 5.32 Å². The maximum atomic E-state index is 6.29. The molecule has 84 valence electrons. The van der Waals surface area contributed by atoms with Crippen LogP contribution in [0, 0.1) is 5.92 Å². The Balaban J connectivity index is 2.96. The molecule has 0 saturated heterocycles. The molecule has 0 aromatic rings. The summed E-state index contributed by atoms with van der Waals surface area (Å²) < 4.78 is 0. The molecule has 0 heterocycles. The summed E-state index contributed by atoms with van der Waals surface area (Å²) in [6, 6.07) is 0. The van der Waals surface area contributed by atoms with Gasteiger partial charge in [0.2, 0.25) is 0 Å². The molecule has 2 heteroatoms.